The van der Waals surface area contributed by atoms with Crippen LogP contribution in [0.15, 0.2) is 5.38 Å². The van der Waals surface area contributed by atoms with Gasteiger partial charge in [0.25, 0.3) is 5.91 Å². The number of thiazole rings is 1. The molecule has 2 aliphatic carbocycles. The van der Waals surface area contributed by atoms with E-state index >= 15 is 0 Å². The van der Waals surface area contributed by atoms with Crippen molar-refractivity contribution < 1.29 is 13.2 Å². The van der Waals surface area contributed by atoms with Crippen LogP contribution in [-0.2, 0) is 10.0 Å². The van der Waals surface area contributed by atoms with E-state index in [1.54, 1.807) is 10.3 Å². The summed E-state index contributed by atoms with van der Waals surface area (Å²) in [4.78, 5) is 18.6. The molecule has 0 atom stereocenters. The molecule has 0 aromatic carbocycles. The zero-order valence-corrected chi connectivity index (χ0v) is 14.0. The molecule has 0 aliphatic heterocycles. The van der Waals surface area contributed by atoms with Gasteiger partial charge < -0.3 is 10.2 Å². The van der Waals surface area contributed by atoms with E-state index in [9.17, 15) is 13.2 Å². The van der Waals surface area contributed by atoms with E-state index in [1.165, 1.54) is 11.3 Å². The molecule has 0 radical (unpaired) electrons. The maximum Gasteiger partial charge on any atom is 0.273 e. The van der Waals surface area contributed by atoms with E-state index in [-0.39, 0.29) is 18.5 Å². The van der Waals surface area contributed by atoms with Crippen molar-refractivity contribution in [1.29, 1.82) is 0 Å². The third-order valence-corrected chi connectivity index (χ3v) is 5.10. The van der Waals surface area contributed by atoms with Gasteiger partial charge in [-0.05, 0) is 25.7 Å². The number of hydrogen-bond acceptors (Lipinski definition) is 6. The Labute approximate surface area is 134 Å². The van der Waals surface area contributed by atoms with Crippen molar-refractivity contribution in [2.24, 2.45) is 0 Å². The molecule has 0 spiro atoms. The molecule has 22 heavy (non-hydrogen) atoms. The van der Waals surface area contributed by atoms with E-state index in [2.05, 4.69) is 15.0 Å². The van der Waals surface area contributed by atoms with Gasteiger partial charge in [0, 0.05) is 30.6 Å². The van der Waals surface area contributed by atoms with Gasteiger partial charge in [0.15, 0.2) is 5.13 Å². The van der Waals surface area contributed by atoms with Crippen LogP contribution in [0, 0.1) is 0 Å². The number of aromatic nitrogens is 1. The van der Waals surface area contributed by atoms with Gasteiger partial charge in [-0.1, -0.05) is 0 Å². The largest absolute Gasteiger partial charge is 0.359 e. The van der Waals surface area contributed by atoms with E-state index in [4.69, 9.17) is 0 Å². The van der Waals surface area contributed by atoms with Gasteiger partial charge in [0.05, 0.1) is 6.26 Å². The van der Waals surface area contributed by atoms with E-state index in [0.29, 0.717) is 18.3 Å². The number of amides is 1. The highest BCUT2D eigenvalue weighted by molar-refractivity contribution is 7.88. The number of nitrogens with zero attached hydrogens (tertiary/aromatic N) is 2. The molecule has 2 N–H and O–H groups in total. The molecule has 2 fully saturated rings. The second-order valence-electron chi connectivity index (χ2n) is 5.85. The lowest BCUT2D eigenvalue weighted by Gasteiger charge is -2.21. The monoisotopic (exact) mass is 344 g/mol. The zero-order chi connectivity index (χ0) is 15.7. The van der Waals surface area contributed by atoms with Crippen molar-refractivity contribution >= 4 is 32.4 Å². The predicted molar refractivity (Wildman–Crippen MR) is 85.7 cm³/mol. The summed E-state index contributed by atoms with van der Waals surface area (Å²) in [6.07, 6.45) is 5.39. The average molecular weight is 344 g/mol. The minimum Gasteiger partial charge on any atom is -0.359 e. The third kappa shape index (κ3) is 4.40. The van der Waals surface area contributed by atoms with Crippen LogP contribution in [-0.4, -0.2) is 55.6 Å². The van der Waals surface area contributed by atoms with Crippen molar-refractivity contribution in [2.75, 3.05) is 24.7 Å². The zero-order valence-electron chi connectivity index (χ0n) is 12.4. The molecule has 2 saturated carbocycles. The van der Waals surface area contributed by atoms with Gasteiger partial charge in [-0.3, -0.25) is 4.79 Å². The fraction of sp³-hybridized carbons (Fsp3) is 0.692. The van der Waals surface area contributed by atoms with Gasteiger partial charge in [0.2, 0.25) is 10.0 Å². The van der Waals surface area contributed by atoms with Crippen LogP contribution in [0.25, 0.3) is 0 Å². The number of hydrogen-bond donors (Lipinski definition) is 2. The molecule has 7 nitrogen and oxygen atoms in total. The quantitative estimate of drug-likeness (QED) is 0.730. The predicted octanol–water partition coefficient (Wildman–Crippen LogP) is 0.871. The minimum atomic E-state index is -3.23. The summed E-state index contributed by atoms with van der Waals surface area (Å²) in [5.41, 5.74) is 0.444. The van der Waals surface area contributed by atoms with Crippen molar-refractivity contribution in [1.82, 2.24) is 14.6 Å². The summed E-state index contributed by atoms with van der Waals surface area (Å²) in [7, 11) is -3.23. The molecule has 3 rings (SSSR count). The summed E-state index contributed by atoms with van der Waals surface area (Å²) in [6.45, 7) is 0.609. The van der Waals surface area contributed by atoms with Crippen molar-refractivity contribution in [2.45, 2.75) is 37.8 Å². The van der Waals surface area contributed by atoms with Crippen LogP contribution in [0.2, 0.25) is 0 Å². The summed E-state index contributed by atoms with van der Waals surface area (Å²) in [5.74, 6) is -0.113. The second-order valence-corrected chi connectivity index (χ2v) is 8.54. The lowest BCUT2D eigenvalue weighted by atomic mass is 10.3. The maximum atomic E-state index is 12.6. The number of carbonyl (C=O) groups excluding carboxylic acids is 1. The van der Waals surface area contributed by atoms with Gasteiger partial charge in [-0.25, -0.2) is 18.1 Å². The van der Waals surface area contributed by atoms with E-state index in [0.717, 1.165) is 37.1 Å². The Kier molecular flexibility index (Phi) is 4.37. The number of sulfonamides is 1. The lowest BCUT2D eigenvalue weighted by Crippen LogP contribution is -2.39. The molecule has 1 aromatic heterocycles. The summed E-state index contributed by atoms with van der Waals surface area (Å²) in [6, 6.07) is 0.725. The minimum absolute atomic E-state index is 0.113. The fourth-order valence-electron chi connectivity index (χ4n) is 2.18. The smallest absolute Gasteiger partial charge is 0.273 e. The number of nitrogens with one attached hydrogen (secondary N) is 2. The Bertz CT molecular complexity index is 650. The first-order chi connectivity index (χ1) is 10.4. The molecule has 0 bridgehead atoms. The summed E-state index contributed by atoms with van der Waals surface area (Å²) >= 11 is 1.44. The van der Waals surface area contributed by atoms with Gasteiger partial charge in [0.1, 0.15) is 5.69 Å². The second kappa shape index (κ2) is 6.13. The maximum absolute atomic E-state index is 12.6. The highest BCUT2D eigenvalue weighted by Crippen LogP contribution is 2.30. The van der Waals surface area contributed by atoms with Crippen molar-refractivity contribution in [3.05, 3.63) is 11.1 Å². The first-order valence-electron chi connectivity index (χ1n) is 7.40. The Balaban J connectivity index is 1.60. The third-order valence-electron chi connectivity index (χ3n) is 3.59. The molecular formula is C13H20N4O3S2. The van der Waals surface area contributed by atoms with Crippen molar-refractivity contribution in [3.8, 4) is 0 Å². The molecular weight excluding hydrogens is 324 g/mol. The summed E-state index contributed by atoms with van der Waals surface area (Å²) < 4.78 is 24.7. The normalized spacial score (nSPS) is 18.2. The lowest BCUT2D eigenvalue weighted by molar-refractivity contribution is 0.0741. The van der Waals surface area contributed by atoms with E-state index < -0.39 is 10.0 Å². The SMILES string of the molecule is CS(=O)(=O)NCCN(C(=O)c1csc(NC2CC2)n1)C1CC1. The first-order valence-corrected chi connectivity index (χ1v) is 10.2. The Hall–Kier alpha value is -1.19. The molecule has 1 aromatic rings. The number of carbonyl (C=O) groups is 1. The van der Waals surface area contributed by atoms with Gasteiger partial charge in [-0.2, -0.15) is 0 Å². The van der Waals surface area contributed by atoms with Gasteiger partial charge >= 0.3 is 0 Å². The number of anilines is 1. The van der Waals surface area contributed by atoms with Crippen LogP contribution in [0.4, 0.5) is 5.13 Å². The molecule has 0 saturated heterocycles. The van der Waals surface area contributed by atoms with Crippen molar-refractivity contribution in [3.63, 3.8) is 0 Å². The molecule has 1 heterocycles. The number of rotatable bonds is 8. The van der Waals surface area contributed by atoms with Crippen LogP contribution >= 0.6 is 11.3 Å². The van der Waals surface area contributed by atoms with Gasteiger partial charge in [-0.15, -0.1) is 11.3 Å². The molecule has 0 unspecified atom stereocenters. The Morgan fingerprint density at radius 1 is 1.41 bits per heavy atom. The van der Waals surface area contributed by atoms with Crippen LogP contribution < -0.4 is 10.0 Å². The molecule has 122 valence electrons. The topological polar surface area (TPSA) is 91.4 Å². The van der Waals surface area contributed by atoms with Crippen LogP contribution in [0.5, 0.6) is 0 Å². The Morgan fingerprint density at radius 2 is 2.14 bits per heavy atom. The average Bonchev–Trinajstić information content (AvgIpc) is 3.33. The van der Waals surface area contributed by atoms with Crippen LogP contribution in [0.1, 0.15) is 36.2 Å². The molecule has 1 amide bonds. The first kappa shape index (κ1) is 15.7. The standard InChI is InChI=1S/C13H20N4O3S2/c1-22(19,20)14-6-7-17(10-4-5-10)12(18)11-8-21-13(16-11)15-9-2-3-9/h8-10,14H,2-7H2,1H3,(H,15,16). The summed E-state index contributed by atoms with van der Waals surface area (Å²) in [5, 5.41) is 5.84. The molecule has 2 aliphatic rings. The van der Waals surface area contributed by atoms with E-state index in [1.807, 2.05) is 0 Å². The van der Waals surface area contributed by atoms with Crippen LogP contribution in [0.3, 0.4) is 0 Å². The molecule has 9 heteroatoms. The Morgan fingerprint density at radius 3 is 2.73 bits per heavy atom. The highest BCUT2D eigenvalue weighted by atomic mass is 32.2. The fourth-order valence-corrected chi connectivity index (χ4v) is 3.40. The highest BCUT2D eigenvalue weighted by Gasteiger charge is 2.34.